The molecule has 1 aromatic carbocycles. The van der Waals surface area contributed by atoms with Crippen molar-refractivity contribution >= 4 is 11.6 Å². The molecule has 0 N–H and O–H groups in total. The second-order valence-corrected chi connectivity index (χ2v) is 4.77. The van der Waals surface area contributed by atoms with Crippen LogP contribution < -0.4 is 0 Å². The molecular formula is C15H19Cl. The number of rotatable bonds is 4. The van der Waals surface area contributed by atoms with Crippen LogP contribution in [0.25, 0.3) is 0 Å². The van der Waals surface area contributed by atoms with Gasteiger partial charge in [0.15, 0.2) is 0 Å². The van der Waals surface area contributed by atoms with Crippen LogP contribution in [0.1, 0.15) is 37.8 Å². The molecule has 86 valence electrons. The SMILES string of the molecule is CC(C)Cc1cccc(C#CCCCCl)c1. The Morgan fingerprint density at radius 1 is 1.31 bits per heavy atom. The summed E-state index contributed by atoms with van der Waals surface area (Å²) in [5.74, 6) is 7.72. The fourth-order valence-corrected chi connectivity index (χ4v) is 1.70. The summed E-state index contributed by atoms with van der Waals surface area (Å²) in [6, 6.07) is 8.51. The van der Waals surface area contributed by atoms with Crippen molar-refractivity contribution in [2.45, 2.75) is 33.1 Å². The lowest BCUT2D eigenvalue weighted by Crippen LogP contribution is -1.93. The van der Waals surface area contributed by atoms with Gasteiger partial charge in [-0.1, -0.05) is 37.8 Å². The van der Waals surface area contributed by atoms with E-state index in [0.29, 0.717) is 11.8 Å². The summed E-state index contributed by atoms with van der Waals surface area (Å²) < 4.78 is 0. The molecule has 0 nitrogen and oxygen atoms in total. The summed E-state index contributed by atoms with van der Waals surface area (Å²) in [5, 5.41) is 0. The Labute approximate surface area is 104 Å². The zero-order valence-electron chi connectivity index (χ0n) is 10.1. The standard InChI is InChI=1S/C15H19Cl/c1-13(2)11-15-9-6-8-14(12-15)7-4-3-5-10-16/h6,8-9,12-13H,3,5,10-11H2,1-2H3. The van der Waals surface area contributed by atoms with E-state index in [4.69, 9.17) is 11.6 Å². The minimum absolute atomic E-state index is 0.694. The van der Waals surface area contributed by atoms with Crippen molar-refractivity contribution in [1.29, 1.82) is 0 Å². The molecule has 0 amide bonds. The van der Waals surface area contributed by atoms with Crippen LogP contribution in [-0.4, -0.2) is 5.88 Å². The van der Waals surface area contributed by atoms with E-state index in [-0.39, 0.29) is 0 Å². The van der Waals surface area contributed by atoms with Gasteiger partial charge in [0.2, 0.25) is 0 Å². The molecule has 0 aromatic heterocycles. The summed E-state index contributed by atoms with van der Waals surface area (Å²) in [5.41, 5.74) is 2.49. The smallest absolute Gasteiger partial charge is 0.0247 e. The molecule has 16 heavy (non-hydrogen) atoms. The second kappa shape index (κ2) is 7.36. The van der Waals surface area contributed by atoms with Gasteiger partial charge in [-0.15, -0.1) is 11.6 Å². The molecule has 0 atom stereocenters. The normalized spacial score (nSPS) is 10.0. The predicted octanol–water partition coefficient (Wildman–Crippen LogP) is 4.26. The van der Waals surface area contributed by atoms with Gasteiger partial charge in [0.05, 0.1) is 0 Å². The minimum Gasteiger partial charge on any atom is -0.127 e. The number of halogens is 1. The highest BCUT2D eigenvalue weighted by Gasteiger charge is 1.97. The summed E-state index contributed by atoms with van der Waals surface area (Å²) in [7, 11) is 0. The van der Waals surface area contributed by atoms with Crippen LogP contribution in [0.4, 0.5) is 0 Å². The Bertz CT molecular complexity index is 369. The van der Waals surface area contributed by atoms with E-state index >= 15 is 0 Å². The summed E-state index contributed by atoms with van der Waals surface area (Å²) in [6.07, 6.45) is 2.98. The van der Waals surface area contributed by atoms with E-state index in [2.05, 4.69) is 50.0 Å². The van der Waals surface area contributed by atoms with E-state index in [9.17, 15) is 0 Å². The highest BCUT2D eigenvalue weighted by atomic mass is 35.5. The van der Waals surface area contributed by atoms with Crippen LogP contribution in [0.15, 0.2) is 24.3 Å². The Morgan fingerprint density at radius 3 is 2.81 bits per heavy atom. The lowest BCUT2D eigenvalue weighted by atomic mass is 10.0. The molecule has 0 aliphatic heterocycles. The van der Waals surface area contributed by atoms with Gasteiger partial charge in [0, 0.05) is 17.9 Å². The number of benzene rings is 1. The second-order valence-electron chi connectivity index (χ2n) is 4.39. The number of hydrogen-bond donors (Lipinski definition) is 0. The maximum absolute atomic E-state index is 5.60. The van der Waals surface area contributed by atoms with E-state index in [1.807, 2.05) is 0 Å². The molecule has 0 fully saturated rings. The van der Waals surface area contributed by atoms with Crippen LogP contribution in [0.5, 0.6) is 0 Å². The van der Waals surface area contributed by atoms with Crippen molar-refractivity contribution in [3.8, 4) is 11.8 Å². The first kappa shape index (κ1) is 13.1. The average molecular weight is 235 g/mol. The summed E-state index contributed by atoms with van der Waals surface area (Å²) >= 11 is 5.60. The number of alkyl halides is 1. The maximum atomic E-state index is 5.60. The van der Waals surface area contributed by atoms with Crippen molar-refractivity contribution in [1.82, 2.24) is 0 Å². The molecular weight excluding hydrogens is 216 g/mol. The topological polar surface area (TPSA) is 0 Å². The van der Waals surface area contributed by atoms with Gasteiger partial charge in [-0.2, -0.15) is 0 Å². The molecule has 0 heterocycles. The lowest BCUT2D eigenvalue weighted by Gasteiger charge is -2.04. The van der Waals surface area contributed by atoms with E-state index < -0.39 is 0 Å². The van der Waals surface area contributed by atoms with Crippen LogP contribution in [0.3, 0.4) is 0 Å². The third-order valence-corrected chi connectivity index (χ3v) is 2.51. The highest BCUT2D eigenvalue weighted by Crippen LogP contribution is 2.09. The first-order chi connectivity index (χ1) is 7.72. The first-order valence-electron chi connectivity index (χ1n) is 5.86. The fraction of sp³-hybridized carbons (Fsp3) is 0.467. The van der Waals surface area contributed by atoms with Crippen LogP contribution in [-0.2, 0) is 6.42 Å². The van der Waals surface area contributed by atoms with Gasteiger partial charge in [0.25, 0.3) is 0 Å². The molecule has 1 rings (SSSR count). The Kier molecular flexibility index (Phi) is 6.04. The van der Waals surface area contributed by atoms with Gasteiger partial charge >= 0.3 is 0 Å². The molecule has 0 bridgehead atoms. The molecule has 0 radical (unpaired) electrons. The molecule has 1 heteroatoms. The maximum Gasteiger partial charge on any atom is 0.0247 e. The molecule has 0 aliphatic rings. The van der Waals surface area contributed by atoms with E-state index in [1.165, 1.54) is 5.56 Å². The molecule has 0 saturated carbocycles. The quantitative estimate of drug-likeness (QED) is 0.415. The van der Waals surface area contributed by atoms with Crippen molar-refractivity contribution in [2.24, 2.45) is 5.92 Å². The van der Waals surface area contributed by atoms with Crippen molar-refractivity contribution in [2.75, 3.05) is 5.88 Å². The molecule has 0 unspecified atom stereocenters. The third kappa shape index (κ3) is 5.24. The van der Waals surface area contributed by atoms with E-state index in [0.717, 1.165) is 24.8 Å². The highest BCUT2D eigenvalue weighted by molar-refractivity contribution is 6.17. The van der Waals surface area contributed by atoms with Crippen LogP contribution in [0, 0.1) is 17.8 Å². The molecule has 0 spiro atoms. The van der Waals surface area contributed by atoms with Gasteiger partial charge in [-0.05, 0) is 36.5 Å². The zero-order valence-corrected chi connectivity index (χ0v) is 10.8. The molecule has 0 saturated heterocycles. The van der Waals surface area contributed by atoms with Crippen molar-refractivity contribution < 1.29 is 0 Å². The van der Waals surface area contributed by atoms with Gasteiger partial charge in [-0.3, -0.25) is 0 Å². The average Bonchev–Trinajstić information content (AvgIpc) is 2.24. The fourth-order valence-electron chi connectivity index (χ4n) is 1.57. The van der Waals surface area contributed by atoms with Crippen molar-refractivity contribution in [3.63, 3.8) is 0 Å². The molecule has 0 aliphatic carbocycles. The summed E-state index contributed by atoms with van der Waals surface area (Å²) in [4.78, 5) is 0. The lowest BCUT2D eigenvalue weighted by molar-refractivity contribution is 0.647. The van der Waals surface area contributed by atoms with Gasteiger partial charge < -0.3 is 0 Å². The van der Waals surface area contributed by atoms with E-state index in [1.54, 1.807) is 0 Å². The third-order valence-electron chi connectivity index (χ3n) is 2.24. The van der Waals surface area contributed by atoms with Crippen LogP contribution >= 0.6 is 11.6 Å². The number of hydrogen-bond acceptors (Lipinski definition) is 0. The van der Waals surface area contributed by atoms with Gasteiger partial charge in [-0.25, -0.2) is 0 Å². The minimum atomic E-state index is 0.694. The zero-order chi connectivity index (χ0) is 11.8. The summed E-state index contributed by atoms with van der Waals surface area (Å²) in [6.45, 7) is 4.47. The first-order valence-corrected chi connectivity index (χ1v) is 6.39. The predicted molar refractivity (Wildman–Crippen MR) is 71.8 cm³/mol. The Balaban J connectivity index is 2.62. The Hall–Kier alpha value is -0.930. The largest absolute Gasteiger partial charge is 0.127 e. The van der Waals surface area contributed by atoms with Gasteiger partial charge in [0.1, 0.15) is 0 Å². The van der Waals surface area contributed by atoms with Crippen molar-refractivity contribution in [3.05, 3.63) is 35.4 Å². The Morgan fingerprint density at radius 2 is 2.12 bits per heavy atom. The number of unbranched alkanes of at least 4 members (excludes halogenated alkanes) is 1. The monoisotopic (exact) mass is 234 g/mol. The molecule has 1 aromatic rings. The van der Waals surface area contributed by atoms with Crippen LogP contribution in [0.2, 0.25) is 0 Å².